The van der Waals surface area contributed by atoms with Gasteiger partial charge in [0.1, 0.15) is 0 Å². The second kappa shape index (κ2) is 5.61. The normalized spacial score (nSPS) is 11.2. The van der Waals surface area contributed by atoms with Crippen LogP contribution in [0.1, 0.15) is 19.5 Å². The highest BCUT2D eigenvalue weighted by Crippen LogP contribution is 2.00. The fourth-order valence-electron chi connectivity index (χ4n) is 1.18. The largest absolute Gasteiger partial charge is 0.354 e. The van der Waals surface area contributed by atoms with Gasteiger partial charge in [0, 0.05) is 24.9 Å². The van der Waals surface area contributed by atoms with Crippen molar-refractivity contribution in [3.63, 3.8) is 0 Å². The maximum Gasteiger partial charge on any atom is 0.239 e. The molecule has 1 rings (SSSR count). The summed E-state index contributed by atoms with van der Waals surface area (Å²) in [6, 6.07) is 5.78. The molecule has 0 fully saturated rings. The first-order chi connectivity index (χ1) is 7.56. The molecule has 16 heavy (non-hydrogen) atoms. The number of carbonyl (C=O) groups is 1. The predicted molar refractivity (Wildman–Crippen MR) is 64.1 cm³/mol. The Bertz CT molecular complexity index is 335. The van der Waals surface area contributed by atoms with Crippen molar-refractivity contribution in [3.05, 3.63) is 30.1 Å². The van der Waals surface area contributed by atoms with Crippen LogP contribution in [0.2, 0.25) is 0 Å². The van der Waals surface area contributed by atoms with E-state index in [0.29, 0.717) is 6.54 Å². The van der Waals surface area contributed by atoms with Gasteiger partial charge in [-0.3, -0.25) is 9.78 Å². The lowest BCUT2D eigenvalue weighted by atomic mass is 10.1. The summed E-state index contributed by atoms with van der Waals surface area (Å²) in [5.74, 6) is 0.00549. The lowest BCUT2D eigenvalue weighted by Gasteiger charge is -2.22. The number of rotatable bonds is 5. The summed E-state index contributed by atoms with van der Waals surface area (Å²) >= 11 is 0. The third kappa shape index (κ3) is 3.62. The molecular formula is C12H19N3O. The van der Waals surface area contributed by atoms with E-state index in [1.807, 2.05) is 32.0 Å². The molecule has 0 aromatic carbocycles. The maximum atomic E-state index is 11.7. The summed E-state index contributed by atoms with van der Waals surface area (Å²) in [7, 11) is 1.78. The zero-order valence-electron chi connectivity index (χ0n) is 10.1. The maximum absolute atomic E-state index is 11.7. The van der Waals surface area contributed by atoms with Crippen LogP contribution in [-0.4, -0.2) is 30.0 Å². The molecule has 4 heteroatoms. The Balaban J connectivity index is 2.34. The van der Waals surface area contributed by atoms with Gasteiger partial charge in [-0.1, -0.05) is 6.07 Å². The van der Waals surface area contributed by atoms with Crippen molar-refractivity contribution in [1.82, 2.24) is 15.6 Å². The van der Waals surface area contributed by atoms with Crippen LogP contribution in [0.25, 0.3) is 0 Å². The molecule has 0 aliphatic carbocycles. The van der Waals surface area contributed by atoms with Gasteiger partial charge in [-0.15, -0.1) is 0 Å². The van der Waals surface area contributed by atoms with E-state index < -0.39 is 5.54 Å². The number of pyridine rings is 1. The van der Waals surface area contributed by atoms with Crippen molar-refractivity contribution in [2.24, 2.45) is 0 Å². The minimum atomic E-state index is -0.524. The molecule has 1 aromatic heterocycles. The van der Waals surface area contributed by atoms with Crippen molar-refractivity contribution < 1.29 is 4.79 Å². The lowest BCUT2D eigenvalue weighted by molar-refractivity contribution is -0.126. The van der Waals surface area contributed by atoms with E-state index in [9.17, 15) is 4.79 Å². The summed E-state index contributed by atoms with van der Waals surface area (Å²) in [6.07, 6.45) is 2.51. The Kier molecular flexibility index (Phi) is 4.43. The highest BCUT2D eigenvalue weighted by molar-refractivity contribution is 5.85. The lowest BCUT2D eigenvalue weighted by Crippen LogP contribution is -2.51. The summed E-state index contributed by atoms with van der Waals surface area (Å²) in [5, 5.41) is 5.84. The number of likely N-dealkylation sites (N-methyl/N-ethyl adjacent to an activating group) is 1. The minimum absolute atomic E-state index is 0.00549. The summed E-state index contributed by atoms with van der Waals surface area (Å²) in [4.78, 5) is 15.9. The molecule has 4 nitrogen and oxygen atoms in total. The number of nitrogens with zero attached hydrogens (tertiary/aromatic N) is 1. The van der Waals surface area contributed by atoms with Crippen LogP contribution in [0.4, 0.5) is 0 Å². The van der Waals surface area contributed by atoms with Gasteiger partial charge in [-0.25, -0.2) is 0 Å². The van der Waals surface area contributed by atoms with Gasteiger partial charge in [-0.05, 0) is 33.0 Å². The first-order valence-electron chi connectivity index (χ1n) is 5.43. The van der Waals surface area contributed by atoms with E-state index in [4.69, 9.17) is 0 Å². The molecule has 0 saturated heterocycles. The third-order valence-corrected chi connectivity index (χ3v) is 2.59. The van der Waals surface area contributed by atoms with Crippen LogP contribution in [0.5, 0.6) is 0 Å². The molecule has 88 valence electrons. The first kappa shape index (κ1) is 12.6. The summed E-state index contributed by atoms with van der Waals surface area (Å²) in [5.41, 5.74) is 0.467. The number of hydrogen-bond donors (Lipinski definition) is 2. The number of aromatic nitrogens is 1. The molecule has 0 bridgehead atoms. The van der Waals surface area contributed by atoms with Crippen molar-refractivity contribution in [2.75, 3.05) is 13.6 Å². The molecule has 0 aliphatic heterocycles. The van der Waals surface area contributed by atoms with E-state index >= 15 is 0 Å². The van der Waals surface area contributed by atoms with Crippen LogP contribution in [0.3, 0.4) is 0 Å². The molecule has 0 spiro atoms. The van der Waals surface area contributed by atoms with Crippen molar-refractivity contribution in [1.29, 1.82) is 0 Å². The van der Waals surface area contributed by atoms with E-state index in [-0.39, 0.29) is 5.91 Å². The molecule has 0 radical (unpaired) electrons. The highest BCUT2D eigenvalue weighted by Gasteiger charge is 2.24. The van der Waals surface area contributed by atoms with Gasteiger partial charge in [-0.2, -0.15) is 0 Å². The van der Waals surface area contributed by atoms with Gasteiger partial charge in [0.2, 0.25) is 5.91 Å². The van der Waals surface area contributed by atoms with E-state index in [2.05, 4.69) is 15.6 Å². The van der Waals surface area contributed by atoms with Crippen LogP contribution < -0.4 is 10.6 Å². The van der Waals surface area contributed by atoms with E-state index in [1.54, 1.807) is 13.2 Å². The monoisotopic (exact) mass is 221 g/mol. The number of nitrogens with one attached hydrogen (secondary N) is 2. The third-order valence-electron chi connectivity index (χ3n) is 2.59. The molecule has 0 saturated carbocycles. The van der Waals surface area contributed by atoms with Gasteiger partial charge in [0.25, 0.3) is 0 Å². The first-order valence-corrected chi connectivity index (χ1v) is 5.43. The molecule has 2 N–H and O–H groups in total. The smallest absolute Gasteiger partial charge is 0.239 e. The van der Waals surface area contributed by atoms with Gasteiger partial charge in [0.05, 0.1) is 5.54 Å². The van der Waals surface area contributed by atoms with Crippen LogP contribution in [0.15, 0.2) is 24.4 Å². The Labute approximate surface area is 96.5 Å². The average molecular weight is 221 g/mol. The molecule has 0 atom stereocenters. The Morgan fingerprint density at radius 1 is 1.44 bits per heavy atom. The van der Waals surface area contributed by atoms with E-state index in [0.717, 1.165) is 12.1 Å². The predicted octanol–water partition coefficient (Wildman–Crippen LogP) is 0.738. The summed E-state index contributed by atoms with van der Waals surface area (Å²) in [6.45, 7) is 4.31. The van der Waals surface area contributed by atoms with Crippen molar-refractivity contribution in [3.8, 4) is 0 Å². The SMILES string of the molecule is CNC(C)(C)C(=O)NCCc1ccccn1. The van der Waals surface area contributed by atoms with Crippen LogP contribution >= 0.6 is 0 Å². The Morgan fingerprint density at radius 3 is 2.75 bits per heavy atom. The van der Waals surface area contributed by atoms with Crippen LogP contribution in [-0.2, 0) is 11.2 Å². The van der Waals surface area contributed by atoms with Crippen LogP contribution in [0, 0.1) is 0 Å². The Hall–Kier alpha value is -1.42. The van der Waals surface area contributed by atoms with Crippen molar-refractivity contribution in [2.45, 2.75) is 25.8 Å². The fraction of sp³-hybridized carbons (Fsp3) is 0.500. The zero-order valence-corrected chi connectivity index (χ0v) is 10.1. The van der Waals surface area contributed by atoms with E-state index in [1.165, 1.54) is 0 Å². The Morgan fingerprint density at radius 2 is 2.19 bits per heavy atom. The average Bonchev–Trinajstić information content (AvgIpc) is 2.30. The molecule has 1 aromatic rings. The summed E-state index contributed by atoms with van der Waals surface area (Å²) < 4.78 is 0. The van der Waals surface area contributed by atoms with Gasteiger partial charge < -0.3 is 10.6 Å². The fourth-order valence-corrected chi connectivity index (χ4v) is 1.18. The molecule has 0 aliphatic rings. The number of carbonyl (C=O) groups excluding carboxylic acids is 1. The zero-order chi connectivity index (χ0) is 12.0. The molecule has 0 unspecified atom stereocenters. The standard InChI is InChI=1S/C12H19N3O/c1-12(2,13-3)11(16)15-9-7-10-6-4-5-8-14-10/h4-6,8,13H,7,9H2,1-3H3,(H,15,16). The second-order valence-corrected chi connectivity index (χ2v) is 4.20. The van der Waals surface area contributed by atoms with Gasteiger partial charge >= 0.3 is 0 Å². The number of amides is 1. The molecular weight excluding hydrogens is 202 g/mol. The second-order valence-electron chi connectivity index (χ2n) is 4.20. The van der Waals surface area contributed by atoms with Gasteiger partial charge in [0.15, 0.2) is 0 Å². The van der Waals surface area contributed by atoms with Crippen molar-refractivity contribution >= 4 is 5.91 Å². The quantitative estimate of drug-likeness (QED) is 0.771. The molecule has 1 amide bonds. The topological polar surface area (TPSA) is 54.0 Å². The molecule has 1 heterocycles. The minimum Gasteiger partial charge on any atom is -0.354 e. The number of hydrogen-bond acceptors (Lipinski definition) is 3. The highest BCUT2D eigenvalue weighted by atomic mass is 16.2.